The van der Waals surface area contributed by atoms with Gasteiger partial charge < -0.3 is 18.9 Å². The second-order valence-corrected chi connectivity index (χ2v) is 10.2. The molecule has 1 aliphatic carbocycles. The van der Waals surface area contributed by atoms with Gasteiger partial charge in [0.2, 0.25) is 0 Å². The number of nitrogens with zero attached hydrogens (tertiary/aromatic N) is 5. The molecule has 0 spiro atoms. The highest BCUT2D eigenvalue weighted by Crippen LogP contribution is 2.33. The number of morpholine rings is 1. The molecule has 33 heavy (non-hydrogen) atoms. The minimum atomic E-state index is -3.62. The Labute approximate surface area is 193 Å². The molecule has 1 aromatic carbocycles. The Balaban J connectivity index is 1.27. The molecule has 2 aromatic heterocycles. The number of aryl methyl sites for hydroxylation is 1. The van der Waals surface area contributed by atoms with Gasteiger partial charge in [0.25, 0.3) is 10.0 Å². The normalized spacial score (nSPS) is 21.9. The zero-order valence-corrected chi connectivity index (χ0v) is 19.4. The molecule has 3 heterocycles. The van der Waals surface area contributed by atoms with Crippen molar-refractivity contribution >= 4 is 26.7 Å². The van der Waals surface area contributed by atoms with E-state index in [0.717, 1.165) is 48.4 Å². The summed E-state index contributed by atoms with van der Waals surface area (Å²) >= 11 is 0. The van der Waals surface area contributed by atoms with Crippen LogP contribution >= 0.6 is 0 Å². The standard InChI is InChI=1S/C22H28N6O4S/c1-27-14-21(25-15-27)33(29,30)26-16-2-4-18(5-3-16)32-20-13-17(28-8-10-31-11-9-28)12-19-22(20)24-7-6-23-19/h6-7,12-16,18,26H,2-5,8-11H2,1H3. The Hall–Kier alpha value is -2.76. The SMILES string of the molecule is Cn1cnc(S(=O)(=O)NC2CCC(Oc3cc(N4CCOCC4)cc4nccnc34)CC2)c1. The molecule has 11 heteroatoms. The lowest BCUT2D eigenvalue weighted by Gasteiger charge is -2.31. The van der Waals surface area contributed by atoms with Crippen LogP contribution < -0.4 is 14.4 Å². The number of benzene rings is 1. The van der Waals surface area contributed by atoms with E-state index in [0.29, 0.717) is 26.1 Å². The molecule has 10 nitrogen and oxygen atoms in total. The minimum absolute atomic E-state index is 0.00857. The van der Waals surface area contributed by atoms with E-state index in [4.69, 9.17) is 9.47 Å². The van der Waals surface area contributed by atoms with E-state index < -0.39 is 10.0 Å². The molecule has 1 saturated carbocycles. The monoisotopic (exact) mass is 472 g/mol. The molecule has 0 unspecified atom stereocenters. The molecule has 1 saturated heterocycles. The molecule has 5 rings (SSSR count). The van der Waals surface area contributed by atoms with E-state index in [1.165, 1.54) is 12.5 Å². The minimum Gasteiger partial charge on any atom is -0.488 e. The number of aromatic nitrogens is 4. The van der Waals surface area contributed by atoms with Crippen molar-refractivity contribution < 1.29 is 17.9 Å². The molecule has 0 atom stereocenters. The summed E-state index contributed by atoms with van der Waals surface area (Å²) in [5, 5.41) is 0.0494. The van der Waals surface area contributed by atoms with E-state index in [1.54, 1.807) is 24.0 Å². The zero-order chi connectivity index (χ0) is 22.8. The van der Waals surface area contributed by atoms with Gasteiger partial charge in [0.15, 0.2) is 5.03 Å². The van der Waals surface area contributed by atoms with Crippen molar-refractivity contribution in [1.29, 1.82) is 0 Å². The fraction of sp³-hybridized carbons (Fsp3) is 0.500. The van der Waals surface area contributed by atoms with Gasteiger partial charge in [-0.2, -0.15) is 0 Å². The molecule has 2 aliphatic rings. The van der Waals surface area contributed by atoms with Crippen LogP contribution in [0.25, 0.3) is 11.0 Å². The van der Waals surface area contributed by atoms with Crippen molar-refractivity contribution in [2.75, 3.05) is 31.2 Å². The van der Waals surface area contributed by atoms with Crippen molar-refractivity contribution in [2.45, 2.75) is 42.9 Å². The first-order valence-electron chi connectivity index (χ1n) is 11.2. The van der Waals surface area contributed by atoms with Crippen LogP contribution in [0.2, 0.25) is 0 Å². The summed E-state index contributed by atoms with van der Waals surface area (Å²) in [4.78, 5) is 15.2. The van der Waals surface area contributed by atoms with E-state index in [1.807, 2.05) is 12.1 Å². The van der Waals surface area contributed by atoms with Crippen LogP contribution in [0.15, 0.2) is 42.1 Å². The van der Waals surface area contributed by atoms with Gasteiger partial charge in [-0.1, -0.05) is 0 Å². The van der Waals surface area contributed by atoms with E-state index in [9.17, 15) is 8.42 Å². The van der Waals surface area contributed by atoms with Gasteiger partial charge >= 0.3 is 0 Å². The summed E-state index contributed by atoms with van der Waals surface area (Å²) in [7, 11) is -1.87. The van der Waals surface area contributed by atoms with Crippen LogP contribution in [-0.4, -0.2) is 66.4 Å². The molecule has 1 N–H and O–H groups in total. The van der Waals surface area contributed by atoms with Crippen molar-refractivity contribution in [3.8, 4) is 5.75 Å². The Bertz CT molecular complexity index is 1220. The number of fused-ring (bicyclic) bond motifs is 1. The first kappa shape index (κ1) is 22.1. The second kappa shape index (κ2) is 9.24. The number of nitrogens with one attached hydrogen (secondary N) is 1. The molecule has 0 amide bonds. The third kappa shape index (κ3) is 4.94. The van der Waals surface area contributed by atoms with E-state index in [2.05, 4.69) is 24.6 Å². The average Bonchev–Trinajstić information content (AvgIpc) is 3.28. The Morgan fingerprint density at radius 2 is 1.82 bits per heavy atom. The number of hydrogen-bond acceptors (Lipinski definition) is 8. The smallest absolute Gasteiger partial charge is 0.259 e. The number of hydrogen-bond donors (Lipinski definition) is 1. The second-order valence-electron chi connectivity index (χ2n) is 8.56. The topological polar surface area (TPSA) is 111 Å². The number of ether oxygens (including phenoxy) is 2. The summed E-state index contributed by atoms with van der Waals surface area (Å²) < 4.78 is 41.5. The predicted molar refractivity (Wildman–Crippen MR) is 123 cm³/mol. The average molecular weight is 473 g/mol. The highest BCUT2D eigenvalue weighted by molar-refractivity contribution is 7.89. The molecule has 3 aromatic rings. The summed E-state index contributed by atoms with van der Waals surface area (Å²) in [6.07, 6.45) is 9.24. The van der Waals surface area contributed by atoms with Crippen molar-refractivity contribution in [3.05, 3.63) is 37.1 Å². The van der Waals surface area contributed by atoms with Crippen LogP contribution in [0.5, 0.6) is 5.75 Å². The summed E-state index contributed by atoms with van der Waals surface area (Å²) in [5.41, 5.74) is 2.60. The lowest BCUT2D eigenvalue weighted by molar-refractivity contribution is 0.122. The first-order chi connectivity index (χ1) is 16.0. The van der Waals surface area contributed by atoms with Gasteiger partial charge in [0.05, 0.1) is 31.2 Å². The predicted octanol–water partition coefficient (Wildman–Crippen LogP) is 1.87. The van der Waals surface area contributed by atoms with Gasteiger partial charge in [-0.25, -0.2) is 23.1 Å². The maximum absolute atomic E-state index is 12.6. The third-order valence-corrected chi connectivity index (χ3v) is 7.55. The quantitative estimate of drug-likeness (QED) is 0.579. The molecular weight excluding hydrogens is 444 g/mol. The molecular formula is C22H28N6O4S. The molecule has 2 fully saturated rings. The summed E-state index contributed by atoms with van der Waals surface area (Å²) in [6, 6.07) is 3.95. The highest BCUT2D eigenvalue weighted by atomic mass is 32.2. The Morgan fingerprint density at radius 1 is 1.06 bits per heavy atom. The van der Waals surface area contributed by atoms with Crippen LogP contribution in [-0.2, 0) is 21.8 Å². The van der Waals surface area contributed by atoms with E-state index in [-0.39, 0.29) is 17.2 Å². The highest BCUT2D eigenvalue weighted by Gasteiger charge is 2.28. The lowest BCUT2D eigenvalue weighted by Crippen LogP contribution is -2.39. The van der Waals surface area contributed by atoms with Gasteiger partial charge in [-0.15, -0.1) is 0 Å². The van der Waals surface area contributed by atoms with Crippen LogP contribution in [0.4, 0.5) is 5.69 Å². The number of rotatable bonds is 6. The Morgan fingerprint density at radius 3 is 2.55 bits per heavy atom. The van der Waals surface area contributed by atoms with Gasteiger partial charge in [-0.05, 0) is 31.7 Å². The number of imidazole rings is 1. The molecule has 176 valence electrons. The van der Waals surface area contributed by atoms with Gasteiger partial charge in [0, 0.05) is 56.5 Å². The van der Waals surface area contributed by atoms with Crippen LogP contribution in [0, 0.1) is 0 Å². The molecule has 0 bridgehead atoms. The van der Waals surface area contributed by atoms with Crippen LogP contribution in [0.1, 0.15) is 25.7 Å². The van der Waals surface area contributed by atoms with Crippen molar-refractivity contribution in [1.82, 2.24) is 24.2 Å². The molecule has 1 aliphatic heterocycles. The van der Waals surface area contributed by atoms with E-state index >= 15 is 0 Å². The number of sulfonamides is 1. The third-order valence-electron chi connectivity index (χ3n) is 6.15. The molecule has 0 radical (unpaired) electrons. The van der Waals surface area contributed by atoms with Gasteiger partial charge in [0.1, 0.15) is 11.3 Å². The van der Waals surface area contributed by atoms with Crippen molar-refractivity contribution in [3.63, 3.8) is 0 Å². The van der Waals surface area contributed by atoms with Crippen molar-refractivity contribution in [2.24, 2.45) is 7.05 Å². The Kier molecular flexibility index (Phi) is 6.17. The maximum atomic E-state index is 12.6. The van der Waals surface area contributed by atoms with Crippen LogP contribution in [0.3, 0.4) is 0 Å². The first-order valence-corrected chi connectivity index (χ1v) is 12.7. The van der Waals surface area contributed by atoms with Gasteiger partial charge in [-0.3, -0.25) is 4.98 Å². The number of anilines is 1. The summed E-state index contributed by atoms with van der Waals surface area (Å²) in [6.45, 7) is 3.06. The fourth-order valence-electron chi connectivity index (χ4n) is 4.41. The maximum Gasteiger partial charge on any atom is 0.259 e. The lowest BCUT2D eigenvalue weighted by atomic mass is 9.93. The zero-order valence-electron chi connectivity index (χ0n) is 18.6. The summed E-state index contributed by atoms with van der Waals surface area (Å²) in [5.74, 6) is 0.722. The fourth-order valence-corrected chi connectivity index (χ4v) is 5.69. The largest absolute Gasteiger partial charge is 0.488 e.